The van der Waals surface area contributed by atoms with E-state index in [1.54, 1.807) is 17.2 Å². The Balaban J connectivity index is 2.37. The van der Waals surface area contributed by atoms with Crippen LogP contribution in [-0.2, 0) is 0 Å². The minimum absolute atomic E-state index is 0.00250. The summed E-state index contributed by atoms with van der Waals surface area (Å²) in [4.78, 5) is 20.7. The molecule has 0 N–H and O–H groups in total. The highest BCUT2D eigenvalue weighted by atomic mass is 16.2. The van der Waals surface area contributed by atoms with Crippen molar-refractivity contribution in [1.82, 2.24) is 4.98 Å². The maximum Gasteiger partial charge on any atom is 0.258 e. The van der Waals surface area contributed by atoms with Gasteiger partial charge in [-0.15, -0.1) is 0 Å². The second kappa shape index (κ2) is 6.39. The zero-order chi connectivity index (χ0) is 15.4. The molecule has 1 heterocycles. The molecule has 1 amide bonds. The molecule has 1 aromatic carbocycles. The molecule has 4 nitrogen and oxygen atoms in total. The molecule has 2 rings (SSSR count). The van der Waals surface area contributed by atoms with Crippen molar-refractivity contribution < 1.29 is 4.79 Å². The van der Waals surface area contributed by atoms with Crippen molar-refractivity contribution in [3.63, 3.8) is 0 Å². The van der Waals surface area contributed by atoms with Crippen LogP contribution in [0, 0.1) is 6.92 Å². The molecule has 0 aliphatic rings. The van der Waals surface area contributed by atoms with E-state index in [0.29, 0.717) is 12.1 Å². The lowest BCUT2D eigenvalue weighted by atomic mass is 10.1. The summed E-state index contributed by atoms with van der Waals surface area (Å²) in [5, 5.41) is 0. The molecular formula is C17H21N3O. The molecular weight excluding hydrogens is 262 g/mol. The second-order valence-corrected chi connectivity index (χ2v) is 5.13. The summed E-state index contributed by atoms with van der Waals surface area (Å²) in [5.74, 6) is 0.777. The Bertz CT molecular complexity index is 637. The van der Waals surface area contributed by atoms with Gasteiger partial charge in [-0.05, 0) is 37.6 Å². The first-order valence-corrected chi connectivity index (χ1v) is 7.05. The number of nitrogens with zero attached hydrogens (tertiary/aromatic N) is 3. The predicted molar refractivity (Wildman–Crippen MR) is 87.1 cm³/mol. The fourth-order valence-corrected chi connectivity index (χ4v) is 2.24. The molecule has 0 spiro atoms. The fourth-order valence-electron chi connectivity index (χ4n) is 2.24. The lowest BCUT2D eigenvalue weighted by Crippen LogP contribution is -2.31. The van der Waals surface area contributed by atoms with E-state index in [0.717, 1.165) is 17.1 Å². The minimum atomic E-state index is -0.00250. The summed E-state index contributed by atoms with van der Waals surface area (Å²) in [5.41, 5.74) is 2.70. The highest BCUT2D eigenvalue weighted by Crippen LogP contribution is 2.22. The molecule has 110 valence electrons. The molecule has 0 saturated carbocycles. The zero-order valence-electron chi connectivity index (χ0n) is 13.0. The number of benzene rings is 1. The van der Waals surface area contributed by atoms with Gasteiger partial charge in [-0.25, -0.2) is 4.98 Å². The summed E-state index contributed by atoms with van der Waals surface area (Å²) in [7, 11) is 3.82. The van der Waals surface area contributed by atoms with E-state index in [2.05, 4.69) is 4.98 Å². The van der Waals surface area contributed by atoms with Gasteiger partial charge in [-0.2, -0.15) is 0 Å². The van der Waals surface area contributed by atoms with Gasteiger partial charge in [0.1, 0.15) is 5.82 Å². The Morgan fingerprint density at radius 2 is 1.90 bits per heavy atom. The van der Waals surface area contributed by atoms with Crippen LogP contribution in [0.2, 0.25) is 0 Å². The van der Waals surface area contributed by atoms with Gasteiger partial charge in [0, 0.05) is 38.1 Å². The topological polar surface area (TPSA) is 36.4 Å². The van der Waals surface area contributed by atoms with Crippen LogP contribution in [0.3, 0.4) is 0 Å². The number of anilines is 2. The van der Waals surface area contributed by atoms with E-state index in [1.807, 2.05) is 63.2 Å². The summed E-state index contributed by atoms with van der Waals surface area (Å²) in [6, 6.07) is 11.5. The first-order valence-electron chi connectivity index (χ1n) is 7.05. The van der Waals surface area contributed by atoms with E-state index in [1.165, 1.54) is 0 Å². The maximum atomic E-state index is 12.8. The zero-order valence-corrected chi connectivity index (χ0v) is 13.0. The molecule has 0 fully saturated rings. The Hall–Kier alpha value is -2.36. The molecule has 0 aliphatic heterocycles. The lowest BCUT2D eigenvalue weighted by Gasteiger charge is -2.23. The molecule has 1 aromatic heterocycles. The van der Waals surface area contributed by atoms with Crippen molar-refractivity contribution in [2.24, 2.45) is 0 Å². The van der Waals surface area contributed by atoms with Crippen LogP contribution >= 0.6 is 0 Å². The molecule has 4 heteroatoms. The molecule has 0 saturated heterocycles. The number of aryl methyl sites for hydroxylation is 1. The van der Waals surface area contributed by atoms with Gasteiger partial charge in [-0.3, -0.25) is 4.79 Å². The summed E-state index contributed by atoms with van der Waals surface area (Å²) >= 11 is 0. The normalized spacial score (nSPS) is 10.3. The summed E-state index contributed by atoms with van der Waals surface area (Å²) < 4.78 is 0. The highest BCUT2D eigenvalue weighted by molar-refractivity contribution is 6.06. The first kappa shape index (κ1) is 15.0. The smallest absolute Gasteiger partial charge is 0.258 e. The van der Waals surface area contributed by atoms with Gasteiger partial charge in [0.15, 0.2) is 0 Å². The first-order chi connectivity index (χ1) is 10.0. The van der Waals surface area contributed by atoms with Crippen LogP contribution in [0.4, 0.5) is 11.5 Å². The average Bonchev–Trinajstić information content (AvgIpc) is 2.50. The Morgan fingerprint density at radius 3 is 2.52 bits per heavy atom. The number of hydrogen-bond acceptors (Lipinski definition) is 3. The van der Waals surface area contributed by atoms with Gasteiger partial charge < -0.3 is 9.80 Å². The predicted octanol–water partition coefficient (Wildman–Crippen LogP) is 3.12. The largest absolute Gasteiger partial charge is 0.363 e. The average molecular weight is 283 g/mol. The highest BCUT2D eigenvalue weighted by Gasteiger charge is 2.18. The molecule has 2 aromatic rings. The molecule has 0 radical (unpaired) electrons. The van der Waals surface area contributed by atoms with Crippen molar-refractivity contribution in [2.75, 3.05) is 30.4 Å². The third-order valence-electron chi connectivity index (χ3n) is 3.42. The summed E-state index contributed by atoms with van der Waals surface area (Å²) in [6.07, 6.45) is 1.67. The van der Waals surface area contributed by atoms with Crippen LogP contribution in [0.1, 0.15) is 22.8 Å². The van der Waals surface area contributed by atoms with Crippen LogP contribution < -0.4 is 9.80 Å². The molecule has 0 aliphatic carbocycles. The van der Waals surface area contributed by atoms with Gasteiger partial charge in [-0.1, -0.05) is 18.2 Å². The van der Waals surface area contributed by atoms with Crippen molar-refractivity contribution in [1.29, 1.82) is 0 Å². The number of carbonyl (C=O) groups is 1. The van der Waals surface area contributed by atoms with E-state index in [-0.39, 0.29) is 5.91 Å². The van der Waals surface area contributed by atoms with Crippen molar-refractivity contribution >= 4 is 17.4 Å². The third-order valence-corrected chi connectivity index (χ3v) is 3.42. The Kier molecular flexibility index (Phi) is 4.58. The van der Waals surface area contributed by atoms with Gasteiger partial charge >= 0.3 is 0 Å². The lowest BCUT2D eigenvalue weighted by molar-refractivity contribution is 0.0988. The van der Waals surface area contributed by atoms with E-state index < -0.39 is 0 Å². The van der Waals surface area contributed by atoms with Gasteiger partial charge in [0.25, 0.3) is 5.91 Å². The number of aromatic nitrogens is 1. The molecule has 0 atom stereocenters. The van der Waals surface area contributed by atoms with Crippen molar-refractivity contribution in [3.05, 3.63) is 53.7 Å². The number of carbonyl (C=O) groups excluding carboxylic acids is 1. The van der Waals surface area contributed by atoms with Gasteiger partial charge in [0.2, 0.25) is 0 Å². The Labute approximate surface area is 126 Å². The molecule has 21 heavy (non-hydrogen) atoms. The van der Waals surface area contributed by atoms with E-state index >= 15 is 0 Å². The number of hydrogen-bond donors (Lipinski definition) is 0. The van der Waals surface area contributed by atoms with Crippen LogP contribution in [0.15, 0.2) is 42.6 Å². The van der Waals surface area contributed by atoms with Crippen molar-refractivity contribution in [3.8, 4) is 0 Å². The number of rotatable bonds is 4. The number of amides is 1. The number of pyridine rings is 1. The maximum absolute atomic E-state index is 12.8. The van der Waals surface area contributed by atoms with E-state index in [4.69, 9.17) is 0 Å². The molecule has 0 bridgehead atoms. The quantitative estimate of drug-likeness (QED) is 0.865. The third kappa shape index (κ3) is 3.21. The van der Waals surface area contributed by atoms with Crippen LogP contribution in [0.25, 0.3) is 0 Å². The minimum Gasteiger partial charge on any atom is -0.363 e. The number of para-hydroxylation sites is 1. The van der Waals surface area contributed by atoms with Crippen LogP contribution in [0.5, 0.6) is 0 Å². The summed E-state index contributed by atoms with van der Waals surface area (Å²) in [6.45, 7) is 4.63. The fraction of sp³-hybridized carbons (Fsp3) is 0.294. The SMILES string of the molecule is CCN(C(=O)c1ccnc(N(C)C)c1)c1ccccc1C. The van der Waals surface area contributed by atoms with E-state index in [9.17, 15) is 4.79 Å². The van der Waals surface area contributed by atoms with Crippen LogP contribution in [-0.4, -0.2) is 31.5 Å². The van der Waals surface area contributed by atoms with Gasteiger partial charge in [0.05, 0.1) is 0 Å². The Morgan fingerprint density at radius 1 is 1.19 bits per heavy atom. The standard InChI is InChI=1S/C17H21N3O/c1-5-20(15-9-7-6-8-13(15)2)17(21)14-10-11-18-16(12-14)19(3)4/h6-12H,5H2,1-4H3. The second-order valence-electron chi connectivity index (χ2n) is 5.13. The molecule has 0 unspecified atom stereocenters. The monoisotopic (exact) mass is 283 g/mol. The van der Waals surface area contributed by atoms with Crippen molar-refractivity contribution in [2.45, 2.75) is 13.8 Å².